The molecule has 0 rings (SSSR count). The van der Waals surface area contributed by atoms with Gasteiger partial charge in [-0.15, -0.1) is 0 Å². The van der Waals surface area contributed by atoms with Crippen LogP contribution in [0.25, 0.3) is 0 Å². The molecule has 0 saturated carbocycles. The molecule has 0 aromatic rings. The summed E-state index contributed by atoms with van der Waals surface area (Å²) in [6.45, 7) is 0. The lowest BCUT2D eigenvalue weighted by molar-refractivity contribution is -0.138. The van der Waals surface area contributed by atoms with Gasteiger partial charge in [-0.25, -0.2) is 0 Å². The Bertz CT molecular complexity index is 112. The van der Waals surface area contributed by atoms with Crippen molar-refractivity contribution in [2.45, 2.75) is 0 Å². The highest BCUT2D eigenvalue weighted by atomic mass is 127. The summed E-state index contributed by atoms with van der Waals surface area (Å²) in [5, 5.41) is 0.281. The fourth-order valence-corrected chi connectivity index (χ4v) is 0.649. The molecule has 0 aliphatic rings. The summed E-state index contributed by atoms with van der Waals surface area (Å²) in [5.41, 5.74) is 0. The van der Waals surface area contributed by atoms with Crippen molar-refractivity contribution in [3.8, 4) is 0 Å². The molecule has 0 spiro atoms. The average Bonchev–Trinajstić information content (AvgIpc) is 2.16. The van der Waals surface area contributed by atoms with Gasteiger partial charge in [0.05, 0.1) is 18.6 Å². The fourth-order valence-electron chi connectivity index (χ4n) is 0.109. The summed E-state index contributed by atoms with van der Waals surface area (Å²) in [6, 6.07) is 0. The number of hydrogen-bond donors (Lipinski definition) is 0. The summed E-state index contributed by atoms with van der Waals surface area (Å²) in [5.74, 6) is -0.411. The molecule has 0 aromatic heterocycles. The van der Waals surface area contributed by atoms with Gasteiger partial charge in [0.1, 0.15) is 5.33 Å². The van der Waals surface area contributed by atoms with Crippen LogP contribution in [0, 0.1) is 0 Å². The number of carbonyl (C=O) groups excluding carboxylic acids is 2. The molecule has 0 atom stereocenters. The van der Waals surface area contributed by atoms with Gasteiger partial charge in [0, 0.05) is 0 Å². The van der Waals surface area contributed by atoms with Crippen molar-refractivity contribution in [1.82, 2.24) is 0 Å². The quantitative estimate of drug-likeness (QED) is 0.425. The zero-order valence-electron chi connectivity index (χ0n) is 6.80. The summed E-state index contributed by atoms with van der Waals surface area (Å²) in [7, 11) is 2.73. The van der Waals surface area contributed by atoms with E-state index >= 15 is 0 Å². The van der Waals surface area contributed by atoms with E-state index in [1.54, 1.807) is 0 Å². The Morgan fingerprint density at radius 3 is 1.67 bits per heavy atom. The third-order valence-electron chi connectivity index (χ3n) is 0.674. The maximum Gasteiger partial charge on any atom is 0.316 e. The third kappa shape index (κ3) is 12.8. The van der Waals surface area contributed by atoms with Gasteiger partial charge in [0.15, 0.2) is 0 Å². The molecular weight excluding hydrogens is 343 g/mol. The maximum atomic E-state index is 9.95. The van der Waals surface area contributed by atoms with Crippen LogP contribution >= 0.6 is 38.5 Å². The Kier molecular flexibility index (Phi) is 13.6. The molecule has 0 saturated heterocycles. The predicted molar refractivity (Wildman–Crippen MR) is 56.7 cm³/mol. The summed E-state index contributed by atoms with van der Waals surface area (Å²) >= 11 is 4.84. The first-order valence-corrected chi connectivity index (χ1v) is 5.52. The Labute approximate surface area is 93.2 Å². The largest absolute Gasteiger partial charge is 0.468 e. The first kappa shape index (κ1) is 14.7. The van der Waals surface area contributed by atoms with Gasteiger partial charge >= 0.3 is 11.9 Å². The van der Waals surface area contributed by atoms with Crippen LogP contribution < -0.4 is 0 Å². The number of ether oxygens (including phenoxy) is 2. The smallest absolute Gasteiger partial charge is 0.316 e. The van der Waals surface area contributed by atoms with E-state index in [0.717, 1.165) is 0 Å². The molecule has 4 nitrogen and oxygen atoms in total. The second-order valence-corrected chi connectivity index (χ2v) is 2.74. The fraction of sp³-hybridized carbons (Fsp3) is 0.667. The number of alkyl halides is 2. The van der Waals surface area contributed by atoms with Crippen molar-refractivity contribution in [3.63, 3.8) is 0 Å². The lowest BCUT2D eigenvalue weighted by atomic mass is 10.8. The highest BCUT2D eigenvalue weighted by molar-refractivity contribution is 14.1. The number of halogens is 2. The average molecular weight is 353 g/mol. The van der Waals surface area contributed by atoms with E-state index in [2.05, 4.69) is 25.4 Å². The van der Waals surface area contributed by atoms with Crippen LogP contribution in [0.4, 0.5) is 0 Å². The minimum atomic E-state index is -0.241. The molecular formula is C6H10BrIO4. The summed E-state index contributed by atoms with van der Waals surface area (Å²) in [4.78, 5) is 19.9. The minimum Gasteiger partial charge on any atom is -0.468 e. The first-order valence-electron chi connectivity index (χ1n) is 2.87. The van der Waals surface area contributed by atoms with Gasteiger partial charge < -0.3 is 9.47 Å². The molecule has 0 aliphatic carbocycles. The monoisotopic (exact) mass is 352 g/mol. The first-order chi connectivity index (χ1) is 5.62. The van der Waals surface area contributed by atoms with E-state index in [-0.39, 0.29) is 17.3 Å². The second kappa shape index (κ2) is 11.2. The highest BCUT2D eigenvalue weighted by Gasteiger charge is 1.89. The van der Waals surface area contributed by atoms with Crippen molar-refractivity contribution < 1.29 is 19.1 Å². The van der Waals surface area contributed by atoms with Crippen LogP contribution in [0.5, 0.6) is 0 Å². The molecule has 0 amide bonds. The molecule has 12 heavy (non-hydrogen) atoms. The Hall–Kier alpha value is 0.150. The number of carbonyl (C=O) groups is 2. The van der Waals surface area contributed by atoms with E-state index in [9.17, 15) is 9.59 Å². The van der Waals surface area contributed by atoms with Gasteiger partial charge in [-0.3, -0.25) is 9.59 Å². The molecule has 0 aromatic carbocycles. The van der Waals surface area contributed by atoms with Crippen molar-refractivity contribution in [1.29, 1.82) is 0 Å². The van der Waals surface area contributed by atoms with E-state index in [1.807, 2.05) is 22.6 Å². The van der Waals surface area contributed by atoms with E-state index in [1.165, 1.54) is 14.2 Å². The van der Waals surface area contributed by atoms with Gasteiger partial charge in [-0.05, 0) is 0 Å². The third-order valence-corrected chi connectivity index (χ3v) is 1.75. The normalized spacial score (nSPS) is 7.67. The number of rotatable bonds is 2. The van der Waals surface area contributed by atoms with Gasteiger partial charge in [0.2, 0.25) is 0 Å². The van der Waals surface area contributed by atoms with Crippen LogP contribution in [0.1, 0.15) is 0 Å². The molecule has 0 N–H and O–H groups in total. The second-order valence-electron chi connectivity index (χ2n) is 1.42. The SMILES string of the molecule is COC(=O)CBr.COC(=O)CI. The van der Waals surface area contributed by atoms with Crippen LogP contribution in [-0.4, -0.2) is 35.9 Å². The molecule has 0 aliphatic heterocycles. The zero-order chi connectivity index (χ0) is 9.98. The van der Waals surface area contributed by atoms with E-state index < -0.39 is 0 Å². The van der Waals surface area contributed by atoms with E-state index in [0.29, 0.717) is 4.43 Å². The molecule has 0 radical (unpaired) electrons. The van der Waals surface area contributed by atoms with Crippen molar-refractivity contribution in [2.24, 2.45) is 0 Å². The minimum absolute atomic E-state index is 0.171. The zero-order valence-corrected chi connectivity index (χ0v) is 10.5. The predicted octanol–water partition coefficient (Wildman–Crippen LogP) is 1.15. The molecule has 0 bridgehead atoms. The summed E-state index contributed by atoms with van der Waals surface area (Å²) < 4.78 is 8.91. The lowest BCUT2D eigenvalue weighted by Gasteiger charge is -1.86. The van der Waals surface area contributed by atoms with Gasteiger partial charge in [0.25, 0.3) is 0 Å². The van der Waals surface area contributed by atoms with Crippen LogP contribution in [-0.2, 0) is 19.1 Å². The lowest BCUT2D eigenvalue weighted by Crippen LogP contribution is -1.99. The molecule has 0 heterocycles. The van der Waals surface area contributed by atoms with Crippen molar-refractivity contribution >= 4 is 50.5 Å². The molecule has 72 valence electrons. The van der Waals surface area contributed by atoms with Crippen molar-refractivity contribution in [3.05, 3.63) is 0 Å². The van der Waals surface area contributed by atoms with Crippen LogP contribution in [0.15, 0.2) is 0 Å². The Morgan fingerprint density at radius 2 is 1.67 bits per heavy atom. The number of esters is 2. The molecule has 0 fully saturated rings. The molecule has 6 heteroatoms. The standard InChI is InChI=1S/C3H5BrO2.C3H5IO2/c2*1-6-3(5)2-4/h2*2H2,1H3. The van der Waals surface area contributed by atoms with Crippen LogP contribution in [0.3, 0.4) is 0 Å². The Morgan fingerprint density at radius 1 is 1.25 bits per heavy atom. The summed E-state index contributed by atoms with van der Waals surface area (Å²) in [6.07, 6.45) is 0. The number of hydrogen-bond acceptors (Lipinski definition) is 4. The maximum absolute atomic E-state index is 9.95. The van der Waals surface area contributed by atoms with Gasteiger partial charge in [-0.1, -0.05) is 38.5 Å². The number of methoxy groups -OCH3 is 2. The molecule has 0 unspecified atom stereocenters. The van der Waals surface area contributed by atoms with Gasteiger partial charge in [-0.2, -0.15) is 0 Å². The van der Waals surface area contributed by atoms with E-state index in [4.69, 9.17) is 0 Å². The highest BCUT2D eigenvalue weighted by Crippen LogP contribution is 1.81. The van der Waals surface area contributed by atoms with Crippen molar-refractivity contribution in [2.75, 3.05) is 24.0 Å². The van der Waals surface area contributed by atoms with Crippen LogP contribution in [0.2, 0.25) is 0 Å². The Balaban J connectivity index is 0. The topological polar surface area (TPSA) is 52.6 Å².